The van der Waals surface area contributed by atoms with Gasteiger partial charge in [-0.15, -0.1) is 0 Å². The first-order valence-electron chi connectivity index (χ1n) is 9.66. The fraction of sp³-hybridized carbons (Fsp3) is 0.526. The van der Waals surface area contributed by atoms with E-state index in [1.54, 1.807) is 18.7 Å². The number of nitrogens with zero attached hydrogens (tertiary/aromatic N) is 2. The van der Waals surface area contributed by atoms with Crippen molar-refractivity contribution in [2.45, 2.75) is 32.5 Å². The fourth-order valence-electron chi connectivity index (χ4n) is 3.12. The molecule has 0 bridgehead atoms. The van der Waals surface area contributed by atoms with Crippen molar-refractivity contribution in [2.24, 2.45) is 0 Å². The molecule has 1 aromatic carbocycles. The fourth-order valence-corrected chi connectivity index (χ4v) is 3.12. The van der Waals surface area contributed by atoms with Gasteiger partial charge < -0.3 is 25.8 Å². The van der Waals surface area contributed by atoms with E-state index in [1.165, 1.54) is 17.0 Å². The van der Waals surface area contributed by atoms with Crippen molar-refractivity contribution in [3.8, 4) is 0 Å². The largest absolute Gasteiger partial charge is 0.416 e. The summed E-state index contributed by atoms with van der Waals surface area (Å²) >= 11 is 0. The lowest BCUT2D eigenvalue weighted by molar-refractivity contribution is -0.137. The van der Waals surface area contributed by atoms with Crippen LogP contribution in [0.1, 0.15) is 25.8 Å². The number of urea groups is 2. The Morgan fingerprint density at radius 2 is 1.90 bits per heavy atom. The minimum absolute atomic E-state index is 0.0527. The predicted octanol–water partition coefficient (Wildman–Crippen LogP) is 2.48. The van der Waals surface area contributed by atoms with Gasteiger partial charge >= 0.3 is 18.2 Å². The van der Waals surface area contributed by atoms with Crippen molar-refractivity contribution >= 4 is 23.7 Å². The Morgan fingerprint density at radius 3 is 2.53 bits per heavy atom. The van der Waals surface area contributed by atoms with Gasteiger partial charge in [0.05, 0.1) is 5.56 Å². The maximum atomic E-state index is 12.8. The number of benzene rings is 1. The third-order valence-electron chi connectivity index (χ3n) is 4.64. The van der Waals surface area contributed by atoms with E-state index in [1.807, 2.05) is 0 Å². The van der Waals surface area contributed by atoms with E-state index in [0.717, 1.165) is 12.1 Å². The normalized spacial score (nSPS) is 16.8. The molecule has 3 N–H and O–H groups in total. The van der Waals surface area contributed by atoms with Crippen molar-refractivity contribution in [3.05, 3.63) is 29.8 Å². The lowest BCUT2D eigenvalue weighted by Crippen LogP contribution is -2.56. The summed E-state index contributed by atoms with van der Waals surface area (Å²) in [5.74, 6) is -0.142. The van der Waals surface area contributed by atoms with Crippen LogP contribution in [0.5, 0.6) is 0 Å². The molecule has 1 atom stereocenters. The average Bonchev–Trinajstić information content (AvgIpc) is 2.67. The van der Waals surface area contributed by atoms with Gasteiger partial charge in [0.2, 0.25) is 5.91 Å². The molecule has 1 fully saturated rings. The van der Waals surface area contributed by atoms with Crippen LogP contribution in [0.25, 0.3) is 0 Å². The minimum Gasteiger partial charge on any atom is -0.339 e. The summed E-state index contributed by atoms with van der Waals surface area (Å²) in [6, 6.07) is 3.26. The number of amides is 5. The van der Waals surface area contributed by atoms with Gasteiger partial charge in [0.15, 0.2) is 0 Å². The molecule has 2 rings (SSSR count). The summed E-state index contributed by atoms with van der Waals surface area (Å²) in [6.07, 6.45) is -4.35. The number of piperazine rings is 1. The Morgan fingerprint density at radius 1 is 1.17 bits per heavy atom. The molecule has 0 radical (unpaired) electrons. The van der Waals surface area contributed by atoms with Gasteiger partial charge in [-0.05, 0) is 32.0 Å². The number of halogens is 3. The number of hydrogen-bond donors (Lipinski definition) is 3. The maximum absolute atomic E-state index is 12.8. The molecule has 1 heterocycles. The first kappa shape index (κ1) is 23.3. The monoisotopic (exact) mass is 429 g/mol. The Labute approximate surface area is 172 Å². The van der Waals surface area contributed by atoms with Gasteiger partial charge in [0.25, 0.3) is 0 Å². The lowest BCUT2D eigenvalue weighted by Gasteiger charge is -2.39. The minimum atomic E-state index is -4.49. The Bertz CT molecular complexity index is 772. The first-order valence-corrected chi connectivity index (χ1v) is 9.66. The summed E-state index contributed by atoms with van der Waals surface area (Å²) < 4.78 is 38.5. The van der Waals surface area contributed by atoms with E-state index in [0.29, 0.717) is 19.6 Å². The summed E-state index contributed by atoms with van der Waals surface area (Å²) in [6.45, 7) is 5.10. The molecule has 0 aliphatic carbocycles. The highest BCUT2D eigenvalue weighted by Gasteiger charge is 2.32. The van der Waals surface area contributed by atoms with Gasteiger partial charge in [-0.25, -0.2) is 9.59 Å². The SMILES string of the molecule is CCNC(=O)NCCC(=O)N1CCN(C(=O)Nc2cccc(C(F)(F)F)c2)C(C)C1. The molecule has 0 saturated carbocycles. The molecule has 1 unspecified atom stereocenters. The number of carbonyl (C=O) groups excluding carboxylic acids is 3. The van der Waals surface area contributed by atoms with Crippen LogP contribution >= 0.6 is 0 Å². The molecule has 30 heavy (non-hydrogen) atoms. The van der Waals surface area contributed by atoms with Crippen LogP contribution in [0.3, 0.4) is 0 Å². The first-order chi connectivity index (χ1) is 14.1. The zero-order chi connectivity index (χ0) is 22.3. The molecular formula is C19H26F3N5O3. The summed E-state index contributed by atoms with van der Waals surface area (Å²) in [7, 11) is 0. The van der Waals surface area contributed by atoms with Crippen LogP contribution in [0, 0.1) is 0 Å². The van der Waals surface area contributed by atoms with Crippen LogP contribution in [0.15, 0.2) is 24.3 Å². The third-order valence-corrected chi connectivity index (χ3v) is 4.64. The van der Waals surface area contributed by atoms with Crippen molar-refractivity contribution in [1.82, 2.24) is 20.4 Å². The van der Waals surface area contributed by atoms with E-state index in [4.69, 9.17) is 0 Å². The topological polar surface area (TPSA) is 93.8 Å². The predicted molar refractivity (Wildman–Crippen MR) is 105 cm³/mol. The second-order valence-corrected chi connectivity index (χ2v) is 6.93. The van der Waals surface area contributed by atoms with E-state index in [9.17, 15) is 27.6 Å². The van der Waals surface area contributed by atoms with Gasteiger partial charge in [-0.3, -0.25) is 4.79 Å². The van der Waals surface area contributed by atoms with Gasteiger partial charge in [-0.1, -0.05) is 6.07 Å². The average molecular weight is 429 g/mol. The Hall–Kier alpha value is -2.98. The van der Waals surface area contributed by atoms with Crippen molar-refractivity contribution in [1.29, 1.82) is 0 Å². The zero-order valence-electron chi connectivity index (χ0n) is 16.9. The molecule has 1 aliphatic heterocycles. The Kier molecular flexibility index (Phi) is 7.90. The number of anilines is 1. The van der Waals surface area contributed by atoms with Gasteiger partial charge in [0.1, 0.15) is 0 Å². The summed E-state index contributed by atoms with van der Waals surface area (Å²) in [5.41, 5.74) is -0.790. The highest BCUT2D eigenvalue weighted by atomic mass is 19.4. The molecule has 1 saturated heterocycles. The molecule has 11 heteroatoms. The smallest absolute Gasteiger partial charge is 0.339 e. The number of alkyl halides is 3. The number of carbonyl (C=O) groups is 3. The summed E-state index contributed by atoms with van der Waals surface area (Å²) in [5, 5.41) is 7.64. The molecule has 0 aromatic heterocycles. The maximum Gasteiger partial charge on any atom is 0.416 e. The Balaban J connectivity index is 1.85. The van der Waals surface area contributed by atoms with Crippen molar-refractivity contribution in [2.75, 3.05) is 38.0 Å². The van der Waals surface area contributed by atoms with Gasteiger partial charge in [-0.2, -0.15) is 13.2 Å². The van der Waals surface area contributed by atoms with Crippen LogP contribution in [0.2, 0.25) is 0 Å². The summed E-state index contributed by atoms with van der Waals surface area (Å²) in [4.78, 5) is 39.2. The molecule has 166 valence electrons. The van der Waals surface area contributed by atoms with Gasteiger partial charge in [0, 0.05) is 50.9 Å². The standard InChI is InChI=1S/C19H26F3N5O3/c1-3-23-17(29)24-8-7-16(28)26-9-10-27(13(2)12-26)18(30)25-15-6-4-5-14(11-15)19(20,21)22/h4-6,11,13H,3,7-10,12H2,1-2H3,(H,25,30)(H2,23,24,29). The van der Waals surface area contributed by atoms with Crippen molar-refractivity contribution < 1.29 is 27.6 Å². The number of hydrogen-bond acceptors (Lipinski definition) is 3. The molecule has 8 nitrogen and oxygen atoms in total. The molecule has 5 amide bonds. The number of nitrogens with one attached hydrogen (secondary N) is 3. The molecule has 1 aromatic rings. The van der Waals surface area contributed by atoms with Crippen LogP contribution < -0.4 is 16.0 Å². The molecular weight excluding hydrogens is 403 g/mol. The van der Waals surface area contributed by atoms with E-state index >= 15 is 0 Å². The number of rotatable bonds is 5. The second-order valence-electron chi connectivity index (χ2n) is 6.93. The van der Waals surface area contributed by atoms with Crippen LogP contribution in [-0.2, 0) is 11.0 Å². The zero-order valence-corrected chi connectivity index (χ0v) is 16.9. The van der Waals surface area contributed by atoms with Crippen molar-refractivity contribution in [3.63, 3.8) is 0 Å². The molecule has 1 aliphatic rings. The quantitative estimate of drug-likeness (QED) is 0.671. The highest BCUT2D eigenvalue weighted by molar-refractivity contribution is 5.90. The van der Waals surface area contributed by atoms with E-state index in [2.05, 4.69) is 16.0 Å². The van der Waals surface area contributed by atoms with Crippen LogP contribution in [0.4, 0.5) is 28.4 Å². The second kappa shape index (κ2) is 10.2. The highest BCUT2D eigenvalue weighted by Crippen LogP contribution is 2.30. The van der Waals surface area contributed by atoms with Crippen LogP contribution in [-0.4, -0.2) is 66.5 Å². The molecule has 0 spiro atoms. The van der Waals surface area contributed by atoms with E-state index in [-0.39, 0.29) is 43.2 Å². The third kappa shape index (κ3) is 6.53. The lowest BCUT2D eigenvalue weighted by atomic mass is 10.1. The van der Waals surface area contributed by atoms with E-state index < -0.39 is 17.8 Å².